The van der Waals surface area contributed by atoms with E-state index in [9.17, 15) is 9.90 Å². The van der Waals surface area contributed by atoms with Gasteiger partial charge in [-0.25, -0.2) is 4.79 Å². The van der Waals surface area contributed by atoms with E-state index in [1.807, 2.05) is 6.07 Å². The van der Waals surface area contributed by atoms with Crippen LogP contribution < -0.4 is 0 Å². The summed E-state index contributed by atoms with van der Waals surface area (Å²) < 4.78 is 8.60. The molecule has 1 aliphatic carbocycles. The molecule has 1 heterocycles. The van der Waals surface area contributed by atoms with Gasteiger partial charge in [-0.2, -0.15) is 0 Å². The van der Waals surface area contributed by atoms with Crippen LogP contribution in [0, 0.1) is 0 Å². The number of piperazine rings is 1. The van der Waals surface area contributed by atoms with Crippen molar-refractivity contribution in [3.8, 4) is 0 Å². The van der Waals surface area contributed by atoms with E-state index in [1.165, 1.54) is 16.0 Å². The van der Waals surface area contributed by atoms with Gasteiger partial charge in [-0.15, -0.1) is 0 Å². The lowest BCUT2D eigenvalue weighted by Gasteiger charge is -2.41. The number of carboxylic acid groups (broad SMARTS) is 1. The number of aryl methyl sites for hydroxylation is 1. The Bertz CT molecular complexity index is 880. The number of amides is 1. The normalized spacial score (nSPS) is 22.4. The van der Waals surface area contributed by atoms with Gasteiger partial charge in [-0.1, -0.05) is 56.1 Å². The van der Waals surface area contributed by atoms with E-state index in [-0.39, 0.29) is 12.1 Å². The molecule has 1 aliphatic heterocycles. The molecule has 4 rings (SSSR count). The number of hydrogen-bond donors (Lipinski definition) is 1. The molecular weight excluding hydrogens is 512 g/mol. The number of hydrogen-bond acceptors (Lipinski definition) is 3. The van der Waals surface area contributed by atoms with Crippen molar-refractivity contribution >= 4 is 38.0 Å². The molecule has 1 N–H and O–H groups in total. The van der Waals surface area contributed by atoms with Gasteiger partial charge in [0.1, 0.15) is 0 Å². The monoisotopic (exact) mass is 536 g/mol. The smallest absolute Gasteiger partial charge is 0.407 e. The van der Waals surface area contributed by atoms with Crippen LogP contribution in [0.2, 0.25) is 0 Å². The Labute approximate surface area is 194 Å². The highest BCUT2D eigenvalue weighted by Gasteiger charge is 2.35. The number of rotatable bonds is 4. The van der Waals surface area contributed by atoms with Gasteiger partial charge in [0, 0.05) is 35.1 Å². The minimum Gasteiger partial charge on any atom is -0.465 e. The van der Waals surface area contributed by atoms with E-state index in [0.29, 0.717) is 19.7 Å². The molecule has 30 heavy (non-hydrogen) atoms. The fourth-order valence-electron chi connectivity index (χ4n) is 4.60. The first-order valence-corrected chi connectivity index (χ1v) is 12.0. The lowest BCUT2D eigenvalue weighted by molar-refractivity contribution is -0.0393. The zero-order valence-corrected chi connectivity index (χ0v) is 19.9. The molecule has 2 atom stereocenters. The van der Waals surface area contributed by atoms with Crippen molar-refractivity contribution < 1.29 is 14.6 Å². The van der Waals surface area contributed by atoms with Gasteiger partial charge in [-0.05, 0) is 54.2 Å². The van der Waals surface area contributed by atoms with E-state index in [2.05, 4.69) is 73.2 Å². The second-order valence-electron chi connectivity index (χ2n) is 7.97. The summed E-state index contributed by atoms with van der Waals surface area (Å²) in [7, 11) is 0. The number of nitrogens with zero attached hydrogens (tertiary/aromatic N) is 2. The predicted molar refractivity (Wildman–Crippen MR) is 124 cm³/mol. The minimum absolute atomic E-state index is 0.0720. The van der Waals surface area contributed by atoms with Gasteiger partial charge in [0.2, 0.25) is 0 Å². The van der Waals surface area contributed by atoms with Crippen molar-refractivity contribution in [3.63, 3.8) is 0 Å². The molecule has 0 aromatic heterocycles. The summed E-state index contributed by atoms with van der Waals surface area (Å²) in [5, 5.41) is 9.32. The van der Waals surface area contributed by atoms with Crippen LogP contribution in [0.4, 0.5) is 4.79 Å². The maximum Gasteiger partial charge on any atom is 0.407 e. The number of benzene rings is 2. The third-order valence-corrected chi connectivity index (χ3v) is 6.94. The molecule has 1 saturated heterocycles. The molecule has 0 bridgehead atoms. The lowest BCUT2D eigenvalue weighted by atomic mass is 9.95. The molecule has 2 aromatic carbocycles. The van der Waals surface area contributed by atoms with Crippen molar-refractivity contribution in [2.75, 3.05) is 26.2 Å². The van der Waals surface area contributed by atoms with Crippen molar-refractivity contribution in [2.24, 2.45) is 0 Å². The zero-order valence-electron chi connectivity index (χ0n) is 16.8. The van der Waals surface area contributed by atoms with Gasteiger partial charge in [0.15, 0.2) is 0 Å². The Morgan fingerprint density at radius 1 is 1.07 bits per heavy atom. The van der Waals surface area contributed by atoms with Crippen LogP contribution in [0.3, 0.4) is 0 Å². The summed E-state index contributed by atoms with van der Waals surface area (Å²) in [6.45, 7) is 3.09. The van der Waals surface area contributed by atoms with Crippen LogP contribution in [-0.4, -0.2) is 53.3 Å². The maximum atomic E-state index is 11.3. The molecule has 0 radical (unpaired) electrons. The molecule has 2 aromatic rings. The van der Waals surface area contributed by atoms with E-state index in [4.69, 9.17) is 4.74 Å². The summed E-state index contributed by atoms with van der Waals surface area (Å²) in [6.07, 6.45) is 2.39. The average Bonchev–Trinajstić information content (AvgIpc) is 2.91. The van der Waals surface area contributed by atoms with Gasteiger partial charge < -0.3 is 14.7 Å². The van der Waals surface area contributed by atoms with Crippen molar-refractivity contribution in [1.82, 2.24) is 9.80 Å². The number of halogens is 2. The fourth-order valence-corrected chi connectivity index (χ4v) is 5.99. The fraction of sp³-hybridized carbons (Fsp3) is 0.435. The number of ether oxygens (including phenoxy) is 1. The summed E-state index contributed by atoms with van der Waals surface area (Å²) in [4.78, 5) is 15.3. The van der Waals surface area contributed by atoms with Crippen LogP contribution in [0.25, 0.3) is 0 Å². The largest absolute Gasteiger partial charge is 0.465 e. The molecule has 0 saturated carbocycles. The molecule has 7 heteroatoms. The molecule has 0 spiro atoms. The van der Waals surface area contributed by atoms with Gasteiger partial charge >= 0.3 is 6.09 Å². The van der Waals surface area contributed by atoms with E-state index >= 15 is 0 Å². The zero-order chi connectivity index (χ0) is 21.1. The lowest BCUT2D eigenvalue weighted by Crippen LogP contribution is -2.51. The summed E-state index contributed by atoms with van der Waals surface area (Å²) in [5.74, 6) is 0. The van der Waals surface area contributed by atoms with Crippen molar-refractivity contribution in [3.05, 3.63) is 68.1 Å². The standard InChI is InChI=1S/C23H26Br2N2O3/c24-18-12-16(13-19(25)14-18)15-30-21-7-3-5-17-4-1-2-6-20(17)22(21)26-8-10-27(11-9-26)23(28)29/h1-2,4,6,12-14,21-22H,3,5,7-11,15H2,(H,28,29)/t21-,22+/m0/s1. The summed E-state index contributed by atoms with van der Waals surface area (Å²) in [5.41, 5.74) is 3.85. The molecule has 160 valence electrons. The molecule has 5 nitrogen and oxygen atoms in total. The van der Waals surface area contributed by atoms with Gasteiger partial charge in [0.05, 0.1) is 18.8 Å². The molecular formula is C23H26Br2N2O3. The Balaban J connectivity index is 1.56. The minimum atomic E-state index is -0.830. The number of fused-ring (bicyclic) bond motifs is 1. The van der Waals surface area contributed by atoms with E-state index in [1.54, 1.807) is 0 Å². The Morgan fingerprint density at radius 2 is 1.77 bits per heavy atom. The topological polar surface area (TPSA) is 53.0 Å². The second-order valence-corrected chi connectivity index (χ2v) is 9.80. The molecule has 0 unspecified atom stereocenters. The van der Waals surface area contributed by atoms with Gasteiger partial charge in [-0.3, -0.25) is 4.90 Å². The van der Waals surface area contributed by atoms with E-state index < -0.39 is 6.09 Å². The highest BCUT2D eigenvalue weighted by atomic mass is 79.9. The predicted octanol–water partition coefficient (Wildman–Crippen LogP) is 5.47. The molecule has 1 fully saturated rings. The Hall–Kier alpha value is -1.41. The Morgan fingerprint density at radius 3 is 2.47 bits per heavy atom. The Kier molecular flexibility index (Phi) is 7.13. The SMILES string of the molecule is O=C(O)N1CCN([C@@H]2c3ccccc3CCC[C@@H]2OCc2cc(Br)cc(Br)c2)CC1. The first-order valence-electron chi connectivity index (χ1n) is 10.4. The third-order valence-electron chi connectivity index (χ3n) is 6.03. The van der Waals surface area contributed by atoms with Crippen LogP contribution in [0.15, 0.2) is 51.4 Å². The van der Waals surface area contributed by atoms with Crippen molar-refractivity contribution in [2.45, 2.75) is 38.0 Å². The van der Waals surface area contributed by atoms with E-state index in [0.717, 1.165) is 46.9 Å². The van der Waals surface area contributed by atoms with Gasteiger partial charge in [0.25, 0.3) is 0 Å². The quantitative estimate of drug-likeness (QED) is 0.525. The first-order chi connectivity index (χ1) is 14.5. The molecule has 1 amide bonds. The van der Waals surface area contributed by atoms with Crippen LogP contribution in [0.1, 0.15) is 35.6 Å². The van der Waals surface area contributed by atoms with Crippen molar-refractivity contribution in [1.29, 1.82) is 0 Å². The highest BCUT2D eigenvalue weighted by Crippen LogP contribution is 2.36. The third kappa shape index (κ3) is 5.07. The number of carbonyl (C=O) groups is 1. The van der Waals surface area contributed by atoms with Crippen LogP contribution in [0.5, 0.6) is 0 Å². The maximum absolute atomic E-state index is 11.3. The summed E-state index contributed by atoms with van der Waals surface area (Å²) in [6, 6.07) is 15.0. The van der Waals surface area contributed by atoms with Crippen LogP contribution >= 0.6 is 31.9 Å². The molecule has 2 aliphatic rings. The first kappa shape index (κ1) is 21.8. The van der Waals surface area contributed by atoms with Crippen LogP contribution in [-0.2, 0) is 17.8 Å². The highest BCUT2D eigenvalue weighted by molar-refractivity contribution is 9.11. The summed E-state index contributed by atoms with van der Waals surface area (Å²) >= 11 is 7.12. The second kappa shape index (κ2) is 9.81. The average molecular weight is 538 g/mol.